The van der Waals surface area contributed by atoms with Gasteiger partial charge in [-0.1, -0.05) is 6.92 Å². The highest BCUT2D eigenvalue weighted by Crippen LogP contribution is 2.09. The molecule has 0 aromatic carbocycles. The second-order valence-electron chi connectivity index (χ2n) is 4.36. The average molecular weight is 228 g/mol. The van der Waals surface area contributed by atoms with Crippen LogP contribution in [-0.2, 0) is 9.59 Å². The van der Waals surface area contributed by atoms with Crippen molar-refractivity contribution in [3.8, 4) is 0 Å². The minimum Gasteiger partial charge on any atom is -0.396 e. The molecular weight excluding hydrogens is 208 g/mol. The van der Waals surface area contributed by atoms with Crippen molar-refractivity contribution in [3.05, 3.63) is 0 Å². The number of aliphatic hydroxyl groups is 1. The molecule has 5 nitrogen and oxygen atoms in total. The first kappa shape index (κ1) is 13.0. The molecule has 0 aromatic heterocycles. The first-order chi connectivity index (χ1) is 7.63. The summed E-state index contributed by atoms with van der Waals surface area (Å²) in [6.07, 6.45) is 2.46. The first-order valence-corrected chi connectivity index (χ1v) is 5.79. The van der Waals surface area contributed by atoms with Crippen LogP contribution >= 0.6 is 0 Å². The van der Waals surface area contributed by atoms with E-state index in [2.05, 4.69) is 5.32 Å². The van der Waals surface area contributed by atoms with E-state index in [-0.39, 0.29) is 30.9 Å². The monoisotopic (exact) mass is 228 g/mol. The zero-order chi connectivity index (χ0) is 12.0. The summed E-state index contributed by atoms with van der Waals surface area (Å²) < 4.78 is 0. The smallest absolute Gasteiger partial charge is 0.239 e. The number of carbonyl (C=O) groups excluding carboxylic acids is 2. The minimum atomic E-state index is -0.143. The molecule has 2 amide bonds. The minimum absolute atomic E-state index is 0.0565. The summed E-state index contributed by atoms with van der Waals surface area (Å²) in [5, 5.41) is 11.5. The molecule has 0 bridgehead atoms. The molecule has 2 N–H and O–H groups in total. The lowest BCUT2D eigenvalue weighted by atomic mass is 10.1. The van der Waals surface area contributed by atoms with Crippen molar-refractivity contribution >= 4 is 11.8 Å². The van der Waals surface area contributed by atoms with Gasteiger partial charge in [0.05, 0.1) is 6.54 Å². The van der Waals surface area contributed by atoms with Crippen LogP contribution in [0.5, 0.6) is 0 Å². The van der Waals surface area contributed by atoms with E-state index in [9.17, 15) is 9.59 Å². The summed E-state index contributed by atoms with van der Waals surface area (Å²) in [7, 11) is 0. The zero-order valence-corrected chi connectivity index (χ0v) is 9.74. The molecule has 1 atom stereocenters. The summed E-state index contributed by atoms with van der Waals surface area (Å²) in [4.78, 5) is 24.5. The van der Waals surface area contributed by atoms with Gasteiger partial charge in [0.15, 0.2) is 0 Å². The standard InChI is InChI=1S/C11H20N2O3/c1-9(8-14)6-12-10(15)7-13-5-3-2-4-11(13)16/h9,14H,2-8H2,1H3,(H,12,15). The molecule has 1 heterocycles. The predicted molar refractivity (Wildman–Crippen MR) is 59.7 cm³/mol. The SMILES string of the molecule is CC(CO)CNC(=O)CN1CCCCC1=O. The third-order valence-electron chi connectivity index (χ3n) is 2.72. The fourth-order valence-electron chi connectivity index (χ4n) is 1.61. The number of hydrogen-bond donors (Lipinski definition) is 2. The summed E-state index contributed by atoms with van der Waals surface area (Å²) in [6.45, 7) is 3.20. The fourth-order valence-corrected chi connectivity index (χ4v) is 1.61. The van der Waals surface area contributed by atoms with Crippen molar-refractivity contribution in [2.45, 2.75) is 26.2 Å². The van der Waals surface area contributed by atoms with Gasteiger partial charge in [-0.3, -0.25) is 9.59 Å². The van der Waals surface area contributed by atoms with Crippen molar-refractivity contribution in [2.24, 2.45) is 5.92 Å². The van der Waals surface area contributed by atoms with Gasteiger partial charge < -0.3 is 15.3 Å². The van der Waals surface area contributed by atoms with E-state index in [0.29, 0.717) is 19.5 Å². The van der Waals surface area contributed by atoms with Crippen molar-refractivity contribution < 1.29 is 14.7 Å². The quantitative estimate of drug-likeness (QED) is 0.681. The second-order valence-corrected chi connectivity index (χ2v) is 4.36. The number of likely N-dealkylation sites (tertiary alicyclic amines) is 1. The van der Waals surface area contributed by atoms with Crippen LogP contribution in [0.2, 0.25) is 0 Å². The molecule has 0 saturated carbocycles. The maximum atomic E-state index is 11.5. The maximum absolute atomic E-state index is 11.5. The molecule has 1 fully saturated rings. The number of piperidine rings is 1. The van der Waals surface area contributed by atoms with Gasteiger partial charge in [0.1, 0.15) is 0 Å². The number of amides is 2. The van der Waals surface area contributed by atoms with Crippen LogP contribution in [0, 0.1) is 5.92 Å². The number of nitrogens with zero attached hydrogens (tertiary/aromatic N) is 1. The number of hydrogen-bond acceptors (Lipinski definition) is 3. The fraction of sp³-hybridized carbons (Fsp3) is 0.818. The lowest BCUT2D eigenvalue weighted by molar-refractivity contribution is -0.137. The number of rotatable bonds is 5. The van der Waals surface area contributed by atoms with Gasteiger partial charge in [0.2, 0.25) is 11.8 Å². The van der Waals surface area contributed by atoms with E-state index in [1.165, 1.54) is 0 Å². The Morgan fingerprint density at radius 3 is 2.94 bits per heavy atom. The summed E-state index contributed by atoms with van der Waals surface area (Å²) in [6, 6.07) is 0. The van der Waals surface area contributed by atoms with Crippen molar-refractivity contribution in [1.29, 1.82) is 0 Å². The van der Waals surface area contributed by atoms with Crippen molar-refractivity contribution in [1.82, 2.24) is 10.2 Å². The number of carbonyl (C=O) groups is 2. The molecule has 16 heavy (non-hydrogen) atoms. The Bertz CT molecular complexity index is 256. The Balaban J connectivity index is 2.25. The predicted octanol–water partition coefficient (Wildman–Crippen LogP) is -0.257. The number of aliphatic hydroxyl groups excluding tert-OH is 1. The molecular formula is C11H20N2O3. The molecule has 0 aromatic rings. The van der Waals surface area contributed by atoms with Gasteiger partial charge in [0.25, 0.3) is 0 Å². The molecule has 5 heteroatoms. The van der Waals surface area contributed by atoms with Crippen LogP contribution in [0.3, 0.4) is 0 Å². The lowest BCUT2D eigenvalue weighted by Gasteiger charge is -2.26. The van der Waals surface area contributed by atoms with Crippen LogP contribution in [0.4, 0.5) is 0 Å². The van der Waals surface area contributed by atoms with E-state index < -0.39 is 0 Å². The molecule has 1 saturated heterocycles. The lowest BCUT2D eigenvalue weighted by Crippen LogP contribution is -2.43. The first-order valence-electron chi connectivity index (χ1n) is 5.79. The van der Waals surface area contributed by atoms with Crippen LogP contribution in [-0.4, -0.2) is 48.1 Å². The maximum Gasteiger partial charge on any atom is 0.239 e. The molecule has 1 unspecified atom stereocenters. The molecule has 1 aliphatic rings. The van der Waals surface area contributed by atoms with E-state index in [1.54, 1.807) is 4.90 Å². The molecule has 1 aliphatic heterocycles. The van der Waals surface area contributed by atoms with E-state index in [0.717, 1.165) is 12.8 Å². The Kier molecular flexibility index (Phi) is 5.25. The summed E-state index contributed by atoms with van der Waals surface area (Å²) >= 11 is 0. The van der Waals surface area contributed by atoms with Gasteiger partial charge in [-0.25, -0.2) is 0 Å². The van der Waals surface area contributed by atoms with Gasteiger partial charge in [-0.15, -0.1) is 0 Å². The Morgan fingerprint density at radius 2 is 2.31 bits per heavy atom. The highest BCUT2D eigenvalue weighted by molar-refractivity contribution is 5.85. The average Bonchev–Trinajstić information content (AvgIpc) is 2.29. The topological polar surface area (TPSA) is 69.6 Å². The highest BCUT2D eigenvalue weighted by atomic mass is 16.3. The zero-order valence-electron chi connectivity index (χ0n) is 9.74. The van der Waals surface area contributed by atoms with Gasteiger partial charge >= 0.3 is 0 Å². The third-order valence-corrected chi connectivity index (χ3v) is 2.72. The molecule has 0 aliphatic carbocycles. The normalized spacial score (nSPS) is 18.4. The second kappa shape index (κ2) is 6.48. The van der Waals surface area contributed by atoms with Crippen LogP contribution in [0.15, 0.2) is 0 Å². The van der Waals surface area contributed by atoms with Crippen LogP contribution < -0.4 is 5.32 Å². The van der Waals surface area contributed by atoms with E-state index in [4.69, 9.17) is 5.11 Å². The molecule has 0 radical (unpaired) electrons. The van der Waals surface area contributed by atoms with Gasteiger partial charge in [0, 0.05) is 26.1 Å². The van der Waals surface area contributed by atoms with Gasteiger partial charge in [-0.2, -0.15) is 0 Å². The Morgan fingerprint density at radius 1 is 1.56 bits per heavy atom. The van der Waals surface area contributed by atoms with E-state index >= 15 is 0 Å². The Hall–Kier alpha value is -1.10. The molecule has 92 valence electrons. The van der Waals surface area contributed by atoms with Crippen LogP contribution in [0.25, 0.3) is 0 Å². The summed E-state index contributed by atoms with van der Waals surface area (Å²) in [5.41, 5.74) is 0. The summed E-state index contributed by atoms with van der Waals surface area (Å²) in [5.74, 6) is -0.0202. The van der Waals surface area contributed by atoms with Crippen LogP contribution in [0.1, 0.15) is 26.2 Å². The number of nitrogens with one attached hydrogen (secondary N) is 1. The van der Waals surface area contributed by atoms with Crippen molar-refractivity contribution in [3.63, 3.8) is 0 Å². The third kappa shape index (κ3) is 4.18. The van der Waals surface area contributed by atoms with Gasteiger partial charge in [-0.05, 0) is 18.8 Å². The Labute approximate surface area is 95.8 Å². The van der Waals surface area contributed by atoms with E-state index in [1.807, 2.05) is 6.92 Å². The highest BCUT2D eigenvalue weighted by Gasteiger charge is 2.20. The van der Waals surface area contributed by atoms with Crippen molar-refractivity contribution in [2.75, 3.05) is 26.2 Å². The largest absolute Gasteiger partial charge is 0.396 e. The molecule has 0 spiro atoms. The molecule has 1 rings (SSSR count).